The van der Waals surface area contributed by atoms with Gasteiger partial charge in [-0.05, 0) is 43.5 Å². The summed E-state index contributed by atoms with van der Waals surface area (Å²) in [5.74, 6) is -1.08. The number of hydrogen-bond acceptors (Lipinski definition) is 3. The molecular weight excluding hydrogens is 330 g/mol. The Bertz CT molecular complexity index is 600. The van der Waals surface area contributed by atoms with Gasteiger partial charge in [0, 0.05) is 42.9 Å². The summed E-state index contributed by atoms with van der Waals surface area (Å²) in [4.78, 5) is 27.3. The average molecular weight is 352 g/mol. The number of benzene rings is 1. The molecule has 1 unspecified atom stereocenters. The van der Waals surface area contributed by atoms with Crippen LogP contribution in [0.3, 0.4) is 0 Å². The molecule has 2 aliphatic rings. The quantitative estimate of drug-likeness (QED) is 0.877. The minimum Gasteiger partial charge on any atom is -0.481 e. The van der Waals surface area contributed by atoms with Gasteiger partial charge in [0.15, 0.2) is 0 Å². The third kappa shape index (κ3) is 3.93. The molecule has 2 N–H and O–H groups in total. The standard InChI is InChI=1S/C17H22ClN3O3/c18-13-1-3-15(4-2-13)21-10-7-14(11-21)19-17(24)20-8-5-12(6-9-20)16(22)23/h1-4,12,14H,5-11H2,(H,19,24)(H,22,23). The predicted octanol–water partition coefficient (Wildman–Crippen LogP) is 2.42. The molecule has 130 valence electrons. The normalized spacial score (nSPS) is 21.8. The first kappa shape index (κ1) is 16.9. The summed E-state index contributed by atoms with van der Waals surface area (Å²) < 4.78 is 0. The zero-order chi connectivity index (χ0) is 17.1. The van der Waals surface area contributed by atoms with Gasteiger partial charge in [-0.25, -0.2) is 4.79 Å². The number of hydrogen-bond donors (Lipinski definition) is 2. The smallest absolute Gasteiger partial charge is 0.317 e. The fraction of sp³-hybridized carbons (Fsp3) is 0.529. The first-order valence-electron chi connectivity index (χ1n) is 8.31. The second-order valence-corrected chi connectivity index (χ2v) is 6.89. The third-order valence-corrected chi connectivity index (χ3v) is 5.09. The highest BCUT2D eigenvalue weighted by molar-refractivity contribution is 6.30. The molecule has 2 amide bonds. The third-order valence-electron chi connectivity index (χ3n) is 4.84. The Hall–Kier alpha value is -1.95. The number of likely N-dealkylation sites (tertiary alicyclic amines) is 1. The number of carbonyl (C=O) groups excluding carboxylic acids is 1. The molecule has 3 rings (SSSR count). The van der Waals surface area contributed by atoms with Crippen LogP contribution >= 0.6 is 11.6 Å². The van der Waals surface area contributed by atoms with Gasteiger partial charge in [0.05, 0.1) is 5.92 Å². The summed E-state index contributed by atoms with van der Waals surface area (Å²) in [5.41, 5.74) is 1.11. The number of carbonyl (C=O) groups is 2. The van der Waals surface area contributed by atoms with Gasteiger partial charge in [0.2, 0.25) is 0 Å². The maximum Gasteiger partial charge on any atom is 0.317 e. The number of carboxylic acid groups (broad SMARTS) is 1. The lowest BCUT2D eigenvalue weighted by Crippen LogP contribution is -2.49. The fourth-order valence-corrected chi connectivity index (χ4v) is 3.49. The Balaban J connectivity index is 1.48. The minimum absolute atomic E-state index is 0.0817. The van der Waals surface area contributed by atoms with E-state index in [0.717, 1.165) is 25.2 Å². The highest BCUT2D eigenvalue weighted by Crippen LogP contribution is 2.23. The van der Waals surface area contributed by atoms with E-state index in [1.54, 1.807) is 4.90 Å². The van der Waals surface area contributed by atoms with E-state index in [1.165, 1.54) is 0 Å². The average Bonchev–Trinajstić information content (AvgIpc) is 3.04. The van der Waals surface area contributed by atoms with Crippen molar-refractivity contribution in [3.05, 3.63) is 29.3 Å². The van der Waals surface area contributed by atoms with E-state index in [9.17, 15) is 9.59 Å². The Kier molecular flexibility index (Phi) is 5.14. The number of piperidine rings is 1. The van der Waals surface area contributed by atoms with Crippen molar-refractivity contribution in [2.45, 2.75) is 25.3 Å². The molecule has 6 nitrogen and oxygen atoms in total. The fourth-order valence-electron chi connectivity index (χ4n) is 3.36. The molecule has 0 radical (unpaired) electrons. The van der Waals surface area contributed by atoms with E-state index >= 15 is 0 Å². The molecule has 0 aliphatic carbocycles. The van der Waals surface area contributed by atoms with Gasteiger partial charge in [0.25, 0.3) is 0 Å². The molecule has 2 saturated heterocycles. The van der Waals surface area contributed by atoms with Crippen molar-refractivity contribution in [3.8, 4) is 0 Å². The predicted molar refractivity (Wildman–Crippen MR) is 92.5 cm³/mol. The first-order valence-corrected chi connectivity index (χ1v) is 8.69. The van der Waals surface area contributed by atoms with Crippen LogP contribution in [0.4, 0.5) is 10.5 Å². The molecule has 2 aliphatic heterocycles. The molecule has 24 heavy (non-hydrogen) atoms. The number of anilines is 1. The highest BCUT2D eigenvalue weighted by Gasteiger charge is 2.29. The van der Waals surface area contributed by atoms with Crippen LogP contribution in [-0.4, -0.2) is 54.2 Å². The van der Waals surface area contributed by atoms with Crippen LogP contribution in [0.15, 0.2) is 24.3 Å². The van der Waals surface area contributed by atoms with Gasteiger partial charge >= 0.3 is 12.0 Å². The molecule has 0 bridgehead atoms. The van der Waals surface area contributed by atoms with E-state index in [1.807, 2.05) is 24.3 Å². The van der Waals surface area contributed by atoms with Gasteiger partial charge in [-0.2, -0.15) is 0 Å². The van der Waals surface area contributed by atoms with Crippen LogP contribution < -0.4 is 10.2 Å². The summed E-state index contributed by atoms with van der Waals surface area (Å²) in [6.07, 6.45) is 1.97. The Labute approximate surface area is 146 Å². The van der Waals surface area contributed by atoms with E-state index in [4.69, 9.17) is 16.7 Å². The van der Waals surface area contributed by atoms with Crippen LogP contribution in [0.2, 0.25) is 5.02 Å². The lowest BCUT2D eigenvalue weighted by atomic mass is 9.97. The van der Waals surface area contributed by atoms with E-state index in [2.05, 4.69) is 10.2 Å². The van der Waals surface area contributed by atoms with Crippen LogP contribution in [0, 0.1) is 5.92 Å². The topological polar surface area (TPSA) is 72.9 Å². The molecule has 2 fully saturated rings. The van der Waals surface area contributed by atoms with Gasteiger partial charge in [-0.3, -0.25) is 4.79 Å². The number of nitrogens with one attached hydrogen (secondary N) is 1. The van der Waals surface area contributed by atoms with Crippen LogP contribution in [0.5, 0.6) is 0 Å². The molecule has 0 aromatic heterocycles. The lowest BCUT2D eigenvalue weighted by Gasteiger charge is -2.31. The summed E-state index contributed by atoms with van der Waals surface area (Å²) in [6, 6.07) is 7.75. The van der Waals surface area contributed by atoms with Crippen molar-refractivity contribution in [3.63, 3.8) is 0 Å². The van der Waals surface area contributed by atoms with Gasteiger partial charge in [-0.15, -0.1) is 0 Å². The summed E-state index contributed by atoms with van der Waals surface area (Å²) in [6.45, 7) is 2.69. The van der Waals surface area contributed by atoms with Gasteiger partial charge in [0.1, 0.15) is 0 Å². The van der Waals surface area contributed by atoms with E-state index < -0.39 is 5.97 Å². The Morgan fingerprint density at radius 2 is 1.75 bits per heavy atom. The van der Waals surface area contributed by atoms with Crippen LogP contribution in [-0.2, 0) is 4.79 Å². The lowest BCUT2D eigenvalue weighted by molar-refractivity contribution is -0.143. The van der Waals surface area contributed by atoms with Crippen molar-refractivity contribution < 1.29 is 14.7 Å². The first-order chi connectivity index (χ1) is 11.5. The SMILES string of the molecule is O=C(O)C1CCN(C(=O)NC2CCN(c3ccc(Cl)cc3)C2)CC1. The highest BCUT2D eigenvalue weighted by atomic mass is 35.5. The molecular formula is C17H22ClN3O3. The van der Waals surface area contributed by atoms with Crippen LogP contribution in [0.1, 0.15) is 19.3 Å². The molecule has 7 heteroatoms. The Morgan fingerprint density at radius 1 is 1.08 bits per heavy atom. The maximum absolute atomic E-state index is 12.3. The van der Waals surface area contributed by atoms with E-state index in [-0.39, 0.29) is 18.0 Å². The number of aliphatic carboxylic acids is 1. The molecule has 0 saturated carbocycles. The zero-order valence-corrected chi connectivity index (χ0v) is 14.2. The maximum atomic E-state index is 12.3. The molecule has 1 aromatic carbocycles. The molecule has 1 aromatic rings. The molecule has 0 spiro atoms. The minimum atomic E-state index is -0.760. The number of nitrogens with zero attached hydrogens (tertiary/aromatic N) is 2. The second kappa shape index (κ2) is 7.30. The number of amides is 2. The van der Waals surface area contributed by atoms with Crippen molar-refractivity contribution in [1.29, 1.82) is 0 Å². The largest absolute Gasteiger partial charge is 0.481 e. The monoisotopic (exact) mass is 351 g/mol. The van der Waals surface area contributed by atoms with Crippen LogP contribution in [0.25, 0.3) is 0 Å². The Morgan fingerprint density at radius 3 is 2.38 bits per heavy atom. The summed E-state index contributed by atoms with van der Waals surface area (Å²) in [5, 5.41) is 12.8. The van der Waals surface area contributed by atoms with Gasteiger partial charge in [-0.1, -0.05) is 11.6 Å². The molecule has 2 heterocycles. The number of rotatable bonds is 3. The number of carboxylic acids is 1. The number of halogens is 1. The number of urea groups is 1. The zero-order valence-electron chi connectivity index (χ0n) is 13.4. The van der Waals surface area contributed by atoms with Crippen molar-refractivity contribution in [1.82, 2.24) is 10.2 Å². The molecule has 1 atom stereocenters. The van der Waals surface area contributed by atoms with Crippen molar-refractivity contribution in [2.75, 3.05) is 31.1 Å². The van der Waals surface area contributed by atoms with Crippen molar-refractivity contribution >= 4 is 29.3 Å². The second-order valence-electron chi connectivity index (χ2n) is 6.46. The summed E-state index contributed by atoms with van der Waals surface area (Å²) in [7, 11) is 0. The van der Waals surface area contributed by atoms with Crippen molar-refractivity contribution in [2.24, 2.45) is 5.92 Å². The van der Waals surface area contributed by atoms with Gasteiger partial charge < -0.3 is 20.2 Å². The van der Waals surface area contributed by atoms with E-state index in [0.29, 0.717) is 31.0 Å². The summed E-state index contributed by atoms with van der Waals surface area (Å²) >= 11 is 5.91.